The molecule has 3 nitrogen and oxygen atoms in total. The summed E-state index contributed by atoms with van der Waals surface area (Å²) in [7, 11) is -4.29. The molecule has 0 aliphatic heterocycles. The smallest absolute Gasteiger partial charge is 0.207 e. The van der Waals surface area contributed by atoms with E-state index in [2.05, 4.69) is 4.72 Å². The normalized spacial score (nSPS) is 15.7. The average molecular weight is 344 g/mol. The van der Waals surface area contributed by atoms with Gasteiger partial charge in [0.15, 0.2) is 0 Å². The molecule has 1 aromatic carbocycles. The van der Waals surface area contributed by atoms with Crippen LogP contribution in [0.4, 0.5) is 13.2 Å². The third kappa shape index (κ3) is 4.59. The van der Waals surface area contributed by atoms with Gasteiger partial charge in [-0.05, 0) is 31.9 Å². The van der Waals surface area contributed by atoms with Gasteiger partial charge in [0.1, 0.15) is 0 Å². The van der Waals surface area contributed by atoms with Crippen LogP contribution in [-0.2, 0) is 16.2 Å². The molecule has 0 fully saturated rings. The molecule has 0 saturated carbocycles. The summed E-state index contributed by atoms with van der Waals surface area (Å²) in [5, 5.41) is 0. The fraction of sp³-hybridized carbons (Fsp3) is 0.538. The first-order chi connectivity index (χ1) is 9.56. The van der Waals surface area contributed by atoms with Crippen LogP contribution in [0.2, 0.25) is 0 Å². The summed E-state index contributed by atoms with van der Waals surface area (Å²) in [6.45, 7) is 3.36. The molecule has 21 heavy (non-hydrogen) atoms. The van der Waals surface area contributed by atoms with Crippen molar-refractivity contribution in [2.45, 2.75) is 43.3 Å². The van der Waals surface area contributed by atoms with Gasteiger partial charge in [-0.3, -0.25) is 0 Å². The van der Waals surface area contributed by atoms with Crippen molar-refractivity contribution in [1.82, 2.24) is 4.72 Å². The maximum absolute atomic E-state index is 12.9. The second-order valence-corrected chi connectivity index (χ2v) is 6.98. The number of alkyl halides is 4. The Hall–Kier alpha value is -0.790. The third-order valence-corrected chi connectivity index (χ3v) is 5.17. The van der Waals surface area contributed by atoms with Crippen molar-refractivity contribution in [3.63, 3.8) is 0 Å². The lowest BCUT2D eigenvalue weighted by atomic mass is 9.97. The maximum atomic E-state index is 12.9. The van der Waals surface area contributed by atoms with Gasteiger partial charge >= 0.3 is 6.18 Å². The Kier molecular flexibility index (Phi) is 5.69. The lowest BCUT2D eigenvalue weighted by molar-refractivity contribution is -0.139. The Morgan fingerprint density at radius 1 is 1.24 bits per heavy atom. The lowest BCUT2D eigenvalue weighted by Gasteiger charge is -2.29. The van der Waals surface area contributed by atoms with E-state index in [1.165, 1.54) is 6.07 Å². The highest BCUT2D eigenvalue weighted by atomic mass is 35.5. The van der Waals surface area contributed by atoms with E-state index in [1.807, 2.05) is 0 Å². The summed E-state index contributed by atoms with van der Waals surface area (Å²) in [5.41, 5.74) is -2.07. The van der Waals surface area contributed by atoms with Gasteiger partial charge in [0.05, 0.1) is 10.5 Å². The van der Waals surface area contributed by atoms with Crippen LogP contribution in [-0.4, -0.2) is 19.8 Å². The molecule has 0 radical (unpaired) electrons. The van der Waals surface area contributed by atoms with E-state index >= 15 is 0 Å². The summed E-state index contributed by atoms with van der Waals surface area (Å²) in [5.74, 6) is 0.202. The van der Waals surface area contributed by atoms with Gasteiger partial charge in [0.25, 0.3) is 0 Å². The summed E-state index contributed by atoms with van der Waals surface area (Å²) in [4.78, 5) is -0.772. The van der Waals surface area contributed by atoms with Crippen molar-refractivity contribution < 1.29 is 21.6 Å². The second kappa shape index (κ2) is 6.54. The molecule has 0 aromatic heterocycles. The Morgan fingerprint density at radius 3 is 2.29 bits per heavy atom. The Labute approximate surface area is 127 Å². The van der Waals surface area contributed by atoms with Crippen molar-refractivity contribution >= 4 is 21.6 Å². The van der Waals surface area contributed by atoms with E-state index in [-0.39, 0.29) is 5.88 Å². The predicted molar refractivity (Wildman–Crippen MR) is 75.8 cm³/mol. The Morgan fingerprint density at radius 2 is 1.81 bits per heavy atom. The van der Waals surface area contributed by atoms with Crippen LogP contribution in [0.3, 0.4) is 0 Å². The predicted octanol–water partition coefficient (Wildman–Crippen LogP) is 3.78. The minimum absolute atomic E-state index is 0.202. The van der Waals surface area contributed by atoms with Crippen molar-refractivity contribution in [3.05, 3.63) is 29.8 Å². The molecule has 0 aliphatic carbocycles. The molecule has 1 N–H and O–H groups in total. The standard InChI is InChI=1S/C13H17ClF3NO2S/c1-3-12(2,8-9-14)18-21(19,20)11-7-5-4-6-10(11)13(15,16)17/h4-7,18H,3,8-9H2,1-2H3. The first-order valence-electron chi connectivity index (χ1n) is 6.32. The zero-order chi connectivity index (χ0) is 16.3. The molecular weight excluding hydrogens is 327 g/mol. The molecule has 0 aliphatic rings. The Bertz CT molecular complexity index is 589. The second-order valence-electron chi connectivity index (χ2n) is 4.95. The van der Waals surface area contributed by atoms with Gasteiger partial charge in [-0.1, -0.05) is 19.1 Å². The molecule has 1 atom stereocenters. The van der Waals surface area contributed by atoms with E-state index in [1.54, 1.807) is 13.8 Å². The minimum Gasteiger partial charge on any atom is -0.207 e. The van der Waals surface area contributed by atoms with Gasteiger partial charge in [-0.25, -0.2) is 13.1 Å². The summed E-state index contributed by atoms with van der Waals surface area (Å²) >= 11 is 5.63. The molecule has 0 spiro atoms. The largest absolute Gasteiger partial charge is 0.417 e. The third-order valence-electron chi connectivity index (χ3n) is 3.29. The van der Waals surface area contributed by atoms with Crippen LogP contribution >= 0.6 is 11.6 Å². The van der Waals surface area contributed by atoms with Gasteiger partial charge in [0, 0.05) is 11.4 Å². The summed E-state index contributed by atoms with van der Waals surface area (Å²) in [6, 6.07) is 4.11. The van der Waals surface area contributed by atoms with Crippen LogP contribution in [0.1, 0.15) is 32.3 Å². The fourth-order valence-electron chi connectivity index (χ4n) is 1.82. The topological polar surface area (TPSA) is 46.2 Å². The zero-order valence-electron chi connectivity index (χ0n) is 11.7. The van der Waals surface area contributed by atoms with E-state index in [0.29, 0.717) is 12.8 Å². The molecule has 0 heterocycles. The first kappa shape index (κ1) is 18.3. The highest BCUT2D eigenvalue weighted by molar-refractivity contribution is 7.89. The molecule has 1 aromatic rings. The van der Waals surface area contributed by atoms with Crippen LogP contribution in [0, 0.1) is 0 Å². The summed E-state index contributed by atoms with van der Waals surface area (Å²) < 4.78 is 65.7. The van der Waals surface area contributed by atoms with Crippen molar-refractivity contribution in [1.29, 1.82) is 0 Å². The van der Waals surface area contributed by atoms with Crippen LogP contribution < -0.4 is 4.72 Å². The molecule has 0 amide bonds. The molecule has 120 valence electrons. The van der Waals surface area contributed by atoms with Crippen molar-refractivity contribution in [2.24, 2.45) is 0 Å². The van der Waals surface area contributed by atoms with E-state index in [0.717, 1.165) is 18.2 Å². The highest BCUT2D eigenvalue weighted by Gasteiger charge is 2.38. The quantitative estimate of drug-likeness (QED) is 0.799. The highest BCUT2D eigenvalue weighted by Crippen LogP contribution is 2.34. The van der Waals surface area contributed by atoms with E-state index in [9.17, 15) is 21.6 Å². The fourth-order valence-corrected chi connectivity index (χ4v) is 3.98. The SMILES string of the molecule is CCC(C)(CCCl)NS(=O)(=O)c1ccccc1C(F)(F)F. The zero-order valence-corrected chi connectivity index (χ0v) is 13.2. The Balaban J connectivity index is 3.27. The van der Waals surface area contributed by atoms with Gasteiger partial charge in [-0.15, -0.1) is 11.6 Å². The van der Waals surface area contributed by atoms with Crippen molar-refractivity contribution in [3.8, 4) is 0 Å². The van der Waals surface area contributed by atoms with Gasteiger partial charge < -0.3 is 0 Å². The molecule has 1 rings (SSSR count). The number of sulfonamides is 1. The van der Waals surface area contributed by atoms with Crippen LogP contribution in [0.5, 0.6) is 0 Å². The van der Waals surface area contributed by atoms with Gasteiger partial charge in [-0.2, -0.15) is 13.2 Å². The molecule has 8 heteroatoms. The monoisotopic (exact) mass is 343 g/mol. The van der Waals surface area contributed by atoms with E-state index < -0.39 is 32.2 Å². The number of rotatable bonds is 6. The summed E-state index contributed by atoms with van der Waals surface area (Å²) in [6.07, 6.45) is -4.01. The number of hydrogen-bond acceptors (Lipinski definition) is 2. The van der Waals surface area contributed by atoms with Crippen LogP contribution in [0.15, 0.2) is 29.2 Å². The van der Waals surface area contributed by atoms with Crippen LogP contribution in [0.25, 0.3) is 0 Å². The number of hydrogen-bond donors (Lipinski definition) is 1. The lowest BCUT2D eigenvalue weighted by Crippen LogP contribution is -2.46. The number of halogens is 4. The number of nitrogens with one attached hydrogen (secondary N) is 1. The first-order valence-corrected chi connectivity index (χ1v) is 8.34. The number of benzene rings is 1. The average Bonchev–Trinajstić information content (AvgIpc) is 2.37. The maximum Gasteiger partial charge on any atom is 0.417 e. The van der Waals surface area contributed by atoms with E-state index in [4.69, 9.17) is 11.6 Å². The molecular formula is C13H17ClF3NO2S. The minimum atomic E-state index is -4.74. The van der Waals surface area contributed by atoms with Crippen molar-refractivity contribution in [2.75, 3.05) is 5.88 Å². The van der Waals surface area contributed by atoms with Gasteiger partial charge in [0.2, 0.25) is 10.0 Å². The molecule has 1 unspecified atom stereocenters. The molecule has 0 bridgehead atoms. The molecule has 0 saturated heterocycles.